The molecule has 0 amide bonds. The predicted molar refractivity (Wildman–Crippen MR) is 59.8 cm³/mol. The first-order valence-corrected chi connectivity index (χ1v) is 5.83. The van der Waals surface area contributed by atoms with Gasteiger partial charge in [0, 0.05) is 26.2 Å². The zero-order valence-corrected chi connectivity index (χ0v) is 10.1. The fraction of sp³-hybridized carbons (Fsp3) is 0.545. The molecule has 0 aliphatic carbocycles. The lowest BCUT2D eigenvalue weighted by molar-refractivity contribution is 0.0398. The molecule has 0 radical (unpaired) electrons. The van der Waals surface area contributed by atoms with Crippen molar-refractivity contribution in [3.05, 3.63) is 23.5 Å². The quantitative estimate of drug-likeness (QED) is 0.667. The Morgan fingerprint density at radius 1 is 1.05 bits per heavy atom. The van der Waals surface area contributed by atoms with E-state index in [0.717, 1.165) is 0 Å². The number of anilines is 1. The van der Waals surface area contributed by atoms with E-state index in [4.69, 9.17) is 4.74 Å². The summed E-state index contributed by atoms with van der Waals surface area (Å²) in [5.74, 6) is -6.35. The molecule has 0 unspecified atom stereocenters. The second kappa shape index (κ2) is 6.16. The van der Waals surface area contributed by atoms with Gasteiger partial charge >= 0.3 is 0 Å². The Bertz CT molecular complexity index is 426. The van der Waals surface area contributed by atoms with E-state index in [1.807, 2.05) is 4.90 Å². The lowest BCUT2D eigenvalue weighted by atomic mass is 10.3. The van der Waals surface area contributed by atoms with Crippen LogP contribution in [0.5, 0.6) is 0 Å². The molecule has 1 aromatic heterocycles. The Hall–Kier alpha value is -1.41. The van der Waals surface area contributed by atoms with E-state index >= 15 is 0 Å². The molecule has 106 valence electrons. The monoisotopic (exact) mass is 279 g/mol. The van der Waals surface area contributed by atoms with Crippen molar-refractivity contribution in [1.82, 2.24) is 9.88 Å². The van der Waals surface area contributed by atoms with E-state index in [9.17, 15) is 17.6 Å². The van der Waals surface area contributed by atoms with Gasteiger partial charge in [-0.2, -0.15) is 22.5 Å². The highest BCUT2D eigenvalue weighted by atomic mass is 19.2. The predicted octanol–water partition coefficient (Wildman–Crippen LogP) is 1.38. The van der Waals surface area contributed by atoms with Gasteiger partial charge in [0.15, 0.2) is 0 Å². The van der Waals surface area contributed by atoms with Crippen molar-refractivity contribution in [3.8, 4) is 0 Å². The average Bonchev–Trinajstić information content (AvgIpc) is 2.42. The second-order valence-electron chi connectivity index (χ2n) is 4.08. The third kappa shape index (κ3) is 3.32. The third-order valence-corrected chi connectivity index (χ3v) is 2.83. The molecule has 19 heavy (non-hydrogen) atoms. The number of ether oxygens (including phenoxy) is 1. The molecule has 0 spiro atoms. The van der Waals surface area contributed by atoms with Gasteiger partial charge in [-0.05, 0) is 0 Å². The van der Waals surface area contributed by atoms with E-state index in [1.165, 1.54) is 0 Å². The first-order chi connectivity index (χ1) is 9.09. The summed E-state index contributed by atoms with van der Waals surface area (Å²) in [5, 5.41) is 2.36. The maximum Gasteiger partial charge on any atom is 0.253 e. The van der Waals surface area contributed by atoms with Crippen molar-refractivity contribution in [2.24, 2.45) is 0 Å². The average molecular weight is 279 g/mol. The second-order valence-corrected chi connectivity index (χ2v) is 4.08. The number of hydrogen-bond acceptors (Lipinski definition) is 4. The summed E-state index contributed by atoms with van der Waals surface area (Å²) in [6, 6.07) is 0. The molecule has 0 atom stereocenters. The maximum atomic E-state index is 13.3. The van der Waals surface area contributed by atoms with Gasteiger partial charge in [-0.3, -0.25) is 4.90 Å². The minimum Gasteiger partial charge on any atom is -0.379 e. The third-order valence-electron chi connectivity index (χ3n) is 2.83. The molecule has 1 saturated heterocycles. The lowest BCUT2D eigenvalue weighted by Crippen LogP contribution is -2.39. The van der Waals surface area contributed by atoms with Gasteiger partial charge in [-0.15, -0.1) is 0 Å². The van der Waals surface area contributed by atoms with Crippen LogP contribution in [0.15, 0.2) is 0 Å². The van der Waals surface area contributed by atoms with Crippen LogP contribution in [0.1, 0.15) is 0 Å². The number of nitrogens with zero attached hydrogens (tertiary/aromatic N) is 2. The molecule has 0 aromatic carbocycles. The Labute approximate surface area is 107 Å². The van der Waals surface area contributed by atoms with E-state index < -0.39 is 29.2 Å². The van der Waals surface area contributed by atoms with Crippen molar-refractivity contribution in [2.75, 3.05) is 44.7 Å². The summed E-state index contributed by atoms with van der Waals surface area (Å²) in [6.45, 7) is 3.28. The molecular weight excluding hydrogens is 266 g/mol. The SMILES string of the molecule is Fc1nc(F)c(F)c(NCCN2CCOCC2)c1F. The van der Waals surface area contributed by atoms with Crippen molar-refractivity contribution < 1.29 is 22.3 Å². The number of nitrogens with one attached hydrogen (secondary N) is 1. The van der Waals surface area contributed by atoms with Gasteiger partial charge in [0.05, 0.1) is 13.2 Å². The van der Waals surface area contributed by atoms with Crippen LogP contribution in [0.4, 0.5) is 23.2 Å². The van der Waals surface area contributed by atoms with Crippen molar-refractivity contribution in [2.45, 2.75) is 0 Å². The molecule has 1 N–H and O–H groups in total. The van der Waals surface area contributed by atoms with E-state index in [-0.39, 0.29) is 6.54 Å². The molecule has 4 nitrogen and oxygen atoms in total. The number of hydrogen-bond donors (Lipinski definition) is 1. The Balaban J connectivity index is 1.95. The van der Waals surface area contributed by atoms with Crippen LogP contribution in [0, 0.1) is 23.5 Å². The number of aromatic nitrogens is 1. The molecule has 1 aromatic rings. The van der Waals surface area contributed by atoms with Crippen molar-refractivity contribution >= 4 is 5.69 Å². The number of halogens is 4. The molecule has 1 aliphatic heterocycles. The Morgan fingerprint density at radius 2 is 1.63 bits per heavy atom. The van der Waals surface area contributed by atoms with Gasteiger partial charge in [-0.25, -0.2) is 0 Å². The minimum atomic E-state index is -1.66. The molecule has 8 heteroatoms. The summed E-state index contributed by atoms with van der Waals surface area (Å²) < 4.78 is 57.4. The summed E-state index contributed by atoms with van der Waals surface area (Å²) >= 11 is 0. The van der Waals surface area contributed by atoms with Gasteiger partial charge in [0.1, 0.15) is 5.69 Å². The molecule has 0 saturated carbocycles. The molecule has 1 aliphatic rings. The minimum absolute atomic E-state index is 0.163. The van der Waals surface area contributed by atoms with Crippen LogP contribution in [0.25, 0.3) is 0 Å². The molecular formula is C11H13F4N3O. The Kier molecular flexibility index (Phi) is 4.54. The number of rotatable bonds is 4. The molecule has 2 rings (SSSR count). The van der Waals surface area contributed by atoms with Crippen LogP contribution in [0.3, 0.4) is 0 Å². The zero-order valence-electron chi connectivity index (χ0n) is 10.1. The number of morpholine rings is 1. The lowest BCUT2D eigenvalue weighted by Gasteiger charge is -2.26. The summed E-state index contributed by atoms with van der Waals surface area (Å²) in [6.07, 6.45) is 0. The summed E-state index contributed by atoms with van der Waals surface area (Å²) in [5.41, 5.74) is -0.821. The van der Waals surface area contributed by atoms with Crippen LogP contribution < -0.4 is 5.32 Å². The Morgan fingerprint density at radius 3 is 2.21 bits per heavy atom. The van der Waals surface area contributed by atoms with Crippen LogP contribution in [-0.4, -0.2) is 49.3 Å². The number of pyridine rings is 1. The first kappa shape index (κ1) is 14.0. The highest BCUT2D eigenvalue weighted by Gasteiger charge is 2.20. The fourth-order valence-corrected chi connectivity index (χ4v) is 1.81. The molecule has 1 fully saturated rings. The van der Waals surface area contributed by atoms with Gasteiger partial charge < -0.3 is 10.1 Å². The fourth-order valence-electron chi connectivity index (χ4n) is 1.81. The van der Waals surface area contributed by atoms with E-state index in [0.29, 0.717) is 32.8 Å². The highest BCUT2D eigenvalue weighted by Crippen LogP contribution is 2.21. The van der Waals surface area contributed by atoms with Crippen molar-refractivity contribution in [1.29, 1.82) is 0 Å². The molecule has 2 heterocycles. The normalized spacial score (nSPS) is 16.6. The van der Waals surface area contributed by atoms with Crippen LogP contribution in [0.2, 0.25) is 0 Å². The maximum absolute atomic E-state index is 13.3. The van der Waals surface area contributed by atoms with Gasteiger partial charge in [0.25, 0.3) is 11.9 Å². The van der Waals surface area contributed by atoms with E-state index in [1.54, 1.807) is 0 Å². The standard InChI is InChI=1S/C11H13F4N3O/c12-7-9(8(13)11(15)17-10(7)14)16-1-2-18-3-5-19-6-4-18/h1-6H2,(H,16,17). The van der Waals surface area contributed by atoms with Crippen LogP contribution in [-0.2, 0) is 4.74 Å². The topological polar surface area (TPSA) is 37.4 Å². The van der Waals surface area contributed by atoms with E-state index in [2.05, 4.69) is 10.3 Å². The largest absolute Gasteiger partial charge is 0.379 e. The zero-order chi connectivity index (χ0) is 13.8. The summed E-state index contributed by atoms with van der Waals surface area (Å²) in [7, 11) is 0. The van der Waals surface area contributed by atoms with Gasteiger partial charge in [0.2, 0.25) is 11.6 Å². The van der Waals surface area contributed by atoms with Gasteiger partial charge in [-0.1, -0.05) is 0 Å². The summed E-state index contributed by atoms with van der Waals surface area (Å²) in [4.78, 5) is 4.50. The molecule has 0 bridgehead atoms. The smallest absolute Gasteiger partial charge is 0.253 e. The van der Waals surface area contributed by atoms with Crippen molar-refractivity contribution in [3.63, 3.8) is 0 Å². The van der Waals surface area contributed by atoms with Crippen LogP contribution >= 0.6 is 0 Å². The first-order valence-electron chi connectivity index (χ1n) is 5.83. The highest BCUT2D eigenvalue weighted by molar-refractivity contribution is 5.45.